The Morgan fingerprint density at radius 2 is 2.44 bits per heavy atom. The molecule has 0 spiro atoms. The minimum absolute atomic E-state index is 0.144. The summed E-state index contributed by atoms with van der Waals surface area (Å²) in [5, 5.41) is 2.94. The Bertz CT molecular complexity index is 469. The number of carbonyl (C=O) groups excluding carboxylic acids is 1. The lowest BCUT2D eigenvalue weighted by Gasteiger charge is -2.32. The maximum atomic E-state index is 12.0. The molecule has 18 heavy (non-hydrogen) atoms. The van der Waals surface area contributed by atoms with E-state index < -0.39 is 0 Å². The molecule has 1 amide bonds. The highest BCUT2D eigenvalue weighted by Gasteiger charge is 2.21. The van der Waals surface area contributed by atoms with Crippen LogP contribution in [0.15, 0.2) is 23.3 Å². The first-order valence-electron chi connectivity index (χ1n) is 6.41. The molecule has 1 unspecified atom stereocenters. The first-order valence-corrected chi connectivity index (χ1v) is 6.41. The summed E-state index contributed by atoms with van der Waals surface area (Å²) in [5.41, 5.74) is -0.0551. The van der Waals surface area contributed by atoms with E-state index in [1.54, 1.807) is 0 Å². The molecule has 1 aromatic rings. The molecule has 1 aliphatic rings. The minimum atomic E-state index is -0.278. The first-order chi connectivity index (χ1) is 8.70. The molecule has 98 valence electrons. The number of pyridine rings is 1. The molecule has 1 saturated heterocycles. The summed E-state index contributed by atoms with van der Waals surface area (Å²) in [5.74, 6) is -0.278. The van der Waals surface area contributed by atoms with Gasteiger partial charge < -0.3 is 15.2 Å². The van der Waals surface area contributed by atoms with Crippen LogP contribution in [0.25, 0.3) is 0 Å². The van der Waals surface area contributed by atoms with Gasteiger partial charge in [-0.1, -0.05) is 6.92 Å². The van der Waals surface area contributed by atoms with Crippen LogP contribution in [0.4, 0.5) is 0 Å². The largest absolute Gasteiger partial charge is 0.367 e. The van der Waals surface area contributed by atoms with Gasteiger partial charge in [-0.05, 0) is 25.9 Å². The highest BCUT2D eigenvalue weighted by molar-refractivity contribution is 5.93. The lowest BCUT2D eigenvalue weighted by atomic mass is 10.1. The van der Waals surface area contributed by atoms with E-state index in [-0.39, 0.29) is 22.9 Å². The number of likely N-dealkylation sites (N-methyl/N-ethyl adjacent to an activating group) is 1. The maximum Gasteiger partial charge on any atom is 0.257 e. The molecule has 1 aromatic heterocycles. The topological polar surface area (TPSA) is 65.2 Å². The fourth-order valence-corrected chi connectivity index (χ4v) is 2.32. The predicted molar refractivity (Wildman–Crippen MR) is 69.7 cm³/mol. The third kappa shape index (κ3) is 2.98. The van der Waals surface area contributed by atoms with Gasteiger partial charge in [0.05, 0.1) is 0 Å². The first kappa shape index (κ1) is 12.8. The Balaban J connectivity index is 1.99. The lowest BCUT2D eigenvalue weighted by Crippen LogP contribution is -2.48. The lowest BCUT2D eigenvalue weighted by molar-refractivity contribution is 0.0904. The van der Waals surface area contributed by atoms with E-state index in [0.717, 1.165) is 32.5 Å². The molecule has 5 heteroatoms. The van der Waals surface area contributed by atoms with Gasteiger partial charge in [-0.15, -0.1) is 0 Å². The number of H-pyrrole nitrogens is 1. The summed E-state index contributed by atoms with van der Waals surface area (Å²) in [6, 6.07) is 1.51. The van der Waals surface area contributed by atoms with Crippen LogP contribution in [0.3, 0.4) is 0 Å². The van der Waals surface area contributed by atoms with Crippen molar-refractivity contribution in [2.45, 2.75) is 25.8 Å². The molecule has 0 aliphatic carbocycles. The van der Waals surface area contributed by atoms with Crippen molar-refractivity contribution in [3.63, 3.8) is 0 Å². The van der Waals surface area contributed by atoms with E-state index >= 15 is 0 Å². The van der Waals surface area contributed by atoms with Gasteiger partial charge in [0.2, 0.25) is 0 Å². The van der Waals surface area contributed by atoms with E-state index in [2.05, 4.69) is 22.1 Å². The highest BCUT2D eigenvalue weighted by Crippen LogP contribution is 2.09. The van der Waals surface area contributed by atoms with Crippen LogP contribution in [0.1, 0.15) is 30.1 Å². The maximum absolute atomic E-state index is 12.0. The summed E-state index contributed by atoms with van der Waals surface area (Å²) >= 11 is 0. The summed E-state index contributed by atoms with van der Waals surface area (Å²) in [6.07, 6.45) is 5.05. The summed E-state index contributed by atoms with van der Waals surface area (Å²) in [7, 11) is 0. The fourth-order valence-electron chi connectivity index (χ4n) is 2.32. The van der Waals surface area contributed by atoms with E-state index in [1.165, 1.54) is 18.5 Å². The molecule has 5 nitrogen and oxygen atoms in total. The van der Waals surface area contributed by atoms with Crippen LogP contribution in [0.2, 0.25) is 0 Å². The molecule has 0 bridgehead atoms. The number of carbonyl (C=O) groups is 1. The SMILES string of the molecule is CCN1CCCC(NC(=O)c2c[nH]ccc2=O)C1. The second-order valence-corrected chi connectivity index (χ2v) is 4.63. The zero-order chi connectivity index (χ0) is 13.0. The van der Waals surface area contributed by atoms with Crippen LogP contribution in [0, 0.1) is 0 Å². The number of piperidine rings is 1. The van der Waals surface area contributed by atoms with Crippen LogP contribution >= 0.6 is 0 Å². The standard InChI is InChI=1S/C13H19N3O2/c1-2-16-7-3-4-10(9-16)15-13(18)11-8-14-6-5-12(11)17/h5-6,8,10H,2-4,7,9H2,1H3,(H,14,17)(H,15,18). The van der Waals surface area contributed by atoms with Crippen molar-refractivity contribution >= 4 is 5.91 Å². The van der Waals surface area contributed by atoms with Gasteiger partial charge >= 0.3 is 0 Å². The number of aromatic amines is 1. The Morgan fingerprint density at radius 1 is 1.61 bits per heavy atom. The number of nitrogens with one attached hydrogen (secondary N) is 2. The Kier molecular flexibility index (Phi) is 4.15. The number of amides is 1. The zero-order valence-corrected chi connectivity index (χ0v) is 10.6. The van der Waals surface area contributed by atoms with Gasteiger partial charge in [0.15, 0.2) is 5.43 Å². The molecular formula is C13H19N3O2. The van der Waals surface area contributed by atoms with Gasteiger partial charge in [0, 0.05) is 31.0 Å². The average Bonchev–Trinajstić information content (AvgIpc) is 2.39. The van der Waals surface area contributed by atoms with Crippen molar-refractivity contribution in [2.24, 2.45) is 0 Å². The quantitative estimate of drug-likeness (QED) is 0.824. The number of hydrogen-bond donors (Lipinski definition) is 2. The van der Waals surface area contributed by atoms with Gasteiger partial charge in [-0.3, -0.25) is 9.59 Å². The molecule has 1 fully saturated rings. The van der Waals surface area contributed by atoms with Gasteiger partial charge in [-0.2, -0.15) is 0 Å². The molecule has 1 atom stereocenters. The second kappa shape index (κ2) is 5.82. The molecule has 2 rings (SSSR count). The van der Waals surface area contributed by atoms with Gasteiger partial charge in [0.1, 0.15) is 5.56 Å². The van der Waals surface area contributed by atoms with Gasteiger partial charge in [-0.25, -0.2) is 0 Å². The number of likely N-dealkylation sites (tertiary alicyclic amines) is 1. The van der Waals surface area contributed by atoms with Crippen molar-refractivity contribution in [3.8, 4) is 0 Å². The smallest absolute Gasteiger partial charge is 0.257 e. The zero-order valence-electron chi connectivity index (χ0n) is 10.6. The molecule has 2 N–H and O–H groups in total. The van der Waals surface area contributed by atoms with Crippen LogP contribution in [-0.2, 0) is 0 Å². The van der Waals surface area contributed by atoms with Gasteiger partial charge in [0.25, 0.3) is 5.91 Å². The van der Waals surface area contributed by atoms with Crippen molar-refractivity contribution in [2.75, 3.05) is 19.6 Å². The Hall–Kier alpha value is -1.62. The van der Waals surface area contributed by atoms with E-state index in [4.69, 9.17) is 0 Å². The molecule has 0 saturated carbocycles. The predicted octanol–water partition coefficient (Wildman–Crippen LogP) is 0.589. The van der Waals surface area contributed by atoms with Crippen molar-refractivity contribution < 1.29 is 4.79 Å². The molecule has 0 aromatic carbocycles. The third-order valence-electron chi connectivity index (χ3n) is 3.36. The number of rotatable bonds is 3. The monoisotopic (exact) mass is 249 g/mol. The van der Waals surface area contributed by atoms with Crippen LogP contribution in [0.5, 0.6) is 0 Å². The minimum Gasteiger partial charge on any atom is -0.367 e. The van der Waals surface area contributed by atoms with E-state index in [0.29, 0.717) is 0 Å². The fraction of sp³-hybridized carbons (Fsp3) is 0.538. The van der Waals surface area contributed by atoms with Crippen LogP contribution < -0.4 is 10.7 Å². The Morgan fingerprint density at radius 3 is 3.17 bits per heavy atom. The number of hydrogen-bond acceptors (Lipinski definition) is 3. The highest BCUT2D eigenvalue weighted by atomic mass is 16.2. The van der Waals surface area contributed by atoms with Crippen LogP contribution in [-0.4, -0.2) is 41.5 Å². The van der Waals surface area contributed by atoms with Crippen molar-refractivity contribution in [1.82, 2.24) is 15.2 Å². The number of nitrogens with zero attached hydrogens (tertiary/aromatic N) is 1. The van der Waals surface area contributed by atoms with E-state index in [9.17, 15) is 9.59 Å². The second-order valence-electron chi connectivity index (χ2n) is 4.63. The molecule has 2 heterocycles. The van der Waals surface area contributed by atoms with E-state index in [1.807, 2.05) is 0 Å². The normalized spacial score (nSPS) is 20.6. The van der Waals surface area contributed by atoms with Crippen molar-refractivity contribution in [1.29, 1.82) is 0 Å². The third-order valence-corrected chi connectivity index (χ3v) is 3.36. The van der Waals surface area contributed by atoms with Crippen molar-refractivity contribution in [3.05, 3.63) is 34.2 Å². The summed E-state index contributed by atoms with van der Waals surface area (Å²) < 4.78 is 0. The summed E-state index contributed by atoms with van der Waals surface area (Å²) in [4.78, 5) is 28.6. The average molecular weight is 249 g/mol. The number of aromatic nitrogens is 1. The molecule has 1 aliphatic heterocycles. The Labute approximate surface area is 106 Å². The molecule has 0 radical (unpaired) electrons. The molecular weight excluding hydrogens is 230 g/mol. The summed E-state index contributed by atoms with van der Waals surface area (Å²) in [6.45, 7) is 5.08.